The Hall–Kier alpha value is -1.22. The van der Waals surface area contributed by atoms with Crippen LogP contribution in [0.2, 0.25) is 0 Å². The van der Waals surface area contributed by atoms with Crippen LogP contribution in [-0.2, 0) is 19.0 Å². The van der Waals surface area contributed by atoms with E-state index in [0.717, 1.165) is 0 Å². The molecule has 2 rings (SSSR count). The van der Waals surface area contributed by atoms with Crippen molar-refractivity contribution >= 4 is 10.1 Å². The largest absolute Gasteiger partial charge is 0.534 e. The normalized spacial score (nSPS) is 31.8. The first-order valence-corrected chi connectivity index (χ1v) is 9.40. The fraction of sp³-hybridized carbons (Fsp3) is 0.750. The summed E-state index contributed by atoms with van der Waals surface area (Å²) in [7, 11) is -4.40. The summed E-state index contributed by atoms with van der Waals surface area (Å²) in [5, 5.41) is 9.78. The van der Waals surface area contributed by atoms with Crippen LogP contribution in [0.15, 0.2) is 23.2 Å². The van der Waals surface area contributed by atoms with Gasteiger partial charge in [-0.15, -0.1) is 0 Å². The Labute approximate surface area is 145 Å². The highest BCUT2D eigenvalue weighted by Gasteiger charge is 2.58. The van der Waals surface area contributed by atoms with E-state index in [1.807, 2.05) is 13.8 Å². The second-order valence-electron chi connectivity index (χ2n) is 7.05. The SMILES string of the molecule is COC=C1[C@H]2C(OS(=O)(=O)C(F)(F)F)=C(CO)[C@]1(C)CC[C@@H]2C(C)C. The van der Waals surface area contributed by atoms with Crippen molar-refractivity contribution in [2.24, 2.45) is 23.2 Å². The summed E-state index contributed by atoms with van der Waals surface area (Å²) in [6.07, 6.45) is 2.68. The summed E-state index contributed by atoms with van der Waals surface area (Å²) in [5.41, 5.74) is -5.48. The summed E-state index contributed by atoms with van der Waals surface area (Å²) < 4.78 is 71.3. The summed E-state index contributed by atoms with van der Waals surface area (Å²) in [6.45, 7) is 5.03. The van der Waals surface area contributed by atoms with Gasteiger partial charge in [0.1, 0.15) is 5.76 Å². The van der Waals surface area contributed by atoms with E-state index in [0.29, 0.717) is 18.4 Å². The third-order valence-electron chi connectivity index (χ3n) is 5.37. The van der Waals surface area contributed by atoms with Gasteiger partial charge in [0.25, 0.3) is 0 Å². The van der Waals surface area contributed by atoms with E-state index in [1.54, 1.807) is 6.92 Å². The number of alkyl halides is 3. The third-order valence-corrected chi connectivity index (χ3v) is 6.33. The molecule has 0 aromatic heterocycles. The van der Waals surface area contributed by atoms with Crippen LogP contribution in [0.25, 0.3) is 0 Å². The molecule has 0 radical (unpaired) electrons. The van der Waals surface area contributed by atoms with E-state index in [9.17, 15) is 26.7 Å². The number of allylic oxidation sites excluding steroid dienone is 1. The van der Waals surface area contributed by atoms with Gasteiger partial charge in [0.2, 0.25) is 0 Å². The van der Waals surface area contributed by atoms with E-state index in [-0.39, 0.29) is 23.2 Å². The molecule has 2 aliphatic rings. The van der Waals surface area contributed by atoms with Crippen LogP contribution in [-0.4, -0.2) is 32.7 Å². The van der Waals surface area contributed by atoms with Crippen LogP contribution in [0.5, 0.6) is 0 Å². The topological polar surface area (TPSA) is 72.8 Å². The highest BCUT2D eigenvalue weighted by atomic mass is 32.2. The van der Waals surface area contributed by atoms with Crippen molar-refractivity contribution in [3.8, 4) is 0 Å². The molecule has 0 unspecified atom stereocenters. The lowest BCUT2D eigenvalue weighted by atomic mass is 9.63. The summed E-state index contributed by atoms with van der Waals surface area (Å²) in [6, 6.07) is 0. The highest BCUT2D eigenvalue weighted by Crippen LogP contribution is 2.61. The van der Waals surface area contributed by atoms with Crippen LogP contribution in [0.4, 0.5) is 13.2 Å². The second kappa shape index (κ2) is 6.50. The van der Waals surface area contributed by atoms with Gasteiger partial charge < -0.3 is 14.0 Å². The molecule has 3 atom stereocenters. The maximum Gasteiger partial charge on any atom is 0.534 e. The molecule has 1 saturated carbocycles. The fourth-order valence-corrected chi connectivity index (χ4v) is 4.56. The number of methoxy groups -OCH3 is 1. The van der Waals surface area contributed by atoms with Crippen molar-refractivity contribution in [1.82, 2.24) is 0 Å². The maximum atomic E-state index is 12.8. The molecule has 0 aliphatic heterocycles. The minimum Gasteiger partial charge on any atom is -0.504 e. The number of halogens is 3. The van der Waals surface area contributed by atoms with Crippen LogP contribution >= 0.6 is 0 Å². The van der Waals surface area contributed by atoms with Crippen molar-refractivity contribution in [3.05, 3.63) is 23.2 Å². The molecular weight excluding hydrogens is 361 g/mol. The van der Waals surface area contributed by atoms with Gasteiger partial charge >= 0.3 is 15.6 Å². The first-order chi connectivity index (χ1) is 11.4. The standard InChI is InChI=1S/C16H23F3O5S/c1-9(2)10-5-6-15(3)11(7-20)14(13(10)12(15)8-23-4)24-25(21,22)16(17,18)19/h8-10,13,20H,5-7H2,1-4H3/t10-,13+,15+/m1/s1. The first kappa shape index (κ1) is 20.1. The highest BCUT2D eigenvalue weighted by molar-refractivity contribution is 7.87. The van der Waals surface area contributed by atoms with E-state index in [1.165, 1.54) is 13.4 Å². The molecule has 144 valence electrons. The van der Waals surface area contributed by atoms with Crippen molar-refractivity contribution in [2.75, 3.05) is 13.7 Å². The van der Waals surface area contributed by atoms with Crippen molar-refractivity contribution < 1.29 is 35.6 Å². The Kier molecular flexibility index (Phi) is 5.22. The Morgan fingerprint density at radius 2 is 2.00 bits per heavy atom. The number of rotatable bonds is 5. The smallest absolute Gasteiger partial charge is 0.504 e. The number of hydrogen-bond donors (Lipinski definition) is 1. The molecule has 0 saturated heterocycles. The zero-order chi connectivity index (χ0) is 19.2. The predicted molar refractivity (Wildman–Crippen MR) is 84.4 cm³/mol. The molecule has 5 nitrogen and oxygen atoms in total. The molecule has 2 bridgehead atoms. The second-order valence-corrected chi connectivity index (χ2v) is 8.59. The molecule has 2 aliphatic carbocycles. The number of fused-ring (bicyclic) bond motifs is 2. The van der Waals surface area contributed by atoms with Gasteiger partial charge in [0.15, 0.2) is 0 Å². The minimum absolute atomic E-state index is 0.0834. The Bertz CT molecular complexity index is 693. The fourth-order valence-electron chi connectivity index (χ4n) is 4.03. The molecular formula is C16H23F3O5S. The first-order valence-electron chi connectivity index (χ1n) is 7.99. The van der Waals surface area contributed by atoms with Gasteiger partial charge in [-0.2, -0.15) is 21.6 Å². The summed E-state index contributed by atoms with van der Waals surface area (Å²) in [5.74, 6) is -1.00. The lowest BCUT2D eigenvalue weighted by molar-refractivity contribution is -0.0528. The average molecular weight is 384 g/mol. The number of aliphatic hydroxyl groups excluding tert-OH is 1. The molecule has 25 heavy (non-hydrogen) atoms. The van der Waals surface area contributed by atoms with Crippen LogP contribution in [0.3, 0.4) is 0 Å². The average Bonchev–Trinajstić information content (AvgIpc) is 2.60. The van der Waals surface area contributed by atoms with E-state index in [2.05, 4.69) is 4.18 Å². The Morgan fingerprint density at radius 1 is 1.40 bits per heavy atom. The van der Waals surface area contributed by atoms with E-state index in [4.69, 9.17) is 4.74 Å². The van der Waals surface area contributed by atoms with Crippen molar-refractivity contribution in [1.29, 1.82) is 0 Å². The van der Waals surface area contributed by atoms with E-state index < -0.39 is 33.6 Å². The number of ether oxygens (including phenoxy) is 1. The molecule has 0 aromatic rings. The van der Waals surface area contributed by atoms with Crippen molar-refractivity contribution in [3.63, 3.8) is 0 Å². The lowest BCUT2D eigenvalue weighted by Gasteiger charge is -2.40. The molecule has 0 aromatic carbocycles. The third kappa shape index (κ3) is 3.16. The molecule has 9 heteroatoms. The van der Waals surface area contributed by atoms with Crippen LogP contribution < -0.4 is 0 Å². The molecule has 1 N–H and O–H groups in total. The zero-order valence-electron chi connectivity index (χ0n) is 14.6. The van der Waals surface area contributed by atoms with Crippen LogP contribution in [0, 0.1) is 23.2 Å². The van der Waals surface area contributed by atoms with Gasteiger partial charge in [-0.1, -0.05) is 20.8 Å². The number of hydrogen-bond acceptors (Lipinski definition) is 5. The van der Waals surface area contributed by atoms with E-state index >= 15 is 0 Å². The Morgan fingerprint density at radius 3 is 2.44 bits per heavy atom. The quantitative estimate of drug-likeness (QED) is 0.447. The molecule has 1 fully saturated rings. The lowest BCUT2D eigenvalue weighted by Crippen LogP contribution is -2.34. The minimum atomic E-state index is -5.81. The van der Waals surface area contributed by atoms with Gasteiger partial charge in [-0.05, 0) is 30.3 Å². The molecule has 0 heterocycles. The van der Waals surface area contributed by atoms with Gasteiger partial charge in [0.05, 0.1) is 20.0 Å². The van der Waals surface area contributed by atoms with Crippen molar-refractivity contribution in [2.45, 2.75) is 39.1 Å². The van der Waals surface area contributed by atoms with Crippen LogP contribution in [0.1, 0.15) is 33.6 Å². The predicted octanol–water partition coefficient (Wildman–Crippen LogP) is 3.33. The molecule has 0 amide bonds. The monoisotopic (exact) mass is 384 g/mol. The zero-order valence-corrected chi connectivity index (χ0v) is 15.4. The molecule has 0 spiro atoms. The number of aliphatic hydroxyl groups is 1. The Balaban J connectivity index is 2.63. The summed E-state index contributed by atoms with van der Waals surface area (Å²) in [4.78, 5) is 0. The maximum absolute atomic E-state index is 12.8. The van der Waals surface area contributed by atoms with Gasteiger partial charge in [0, 0.05) is 16.9 Å². The van der Waals surface area contributed by atoms with Gasteiger partial charge in [-0.25, -0.2) is 0 Å². The van der Waals surface area contributed by atoms with Gasteiger partial charge in [-0.3, -0.25) is 0 Å². The summed E-state index contributed by atoms with van der Waals surface area (Å²) >= 11 is 0.